The molecule has 3 aliphatic rings. The van der Waals surface area contributed by atoms with Crippen molar-refractivity contribution in [3.8, 4) is 16.9 Å². The van der Waals surface area contributed by atoms with Crippen LogP contribution in [0, 0.1) is 5.92 Å². The number of nitrogens with two attached hydrogens (primary N) is 1. The molecule has 4 atom stereocenters. The van der Waals surface area contributed by atoms with Gasteiger partial charge in [0.1, 0.15) is 11.9 Å². The number of hydrogen-bond acceptors (Lipinski definition) is 5. The summed E-state index contributed by atoms with van der Waals surface area (Å²) >= 11 is 6.18. The van der Waals surface area contributed by atoms with E-state index in [1.807, 2.05) is 42.5 Å². The monoisotopic (exact) mass is 411 g/mol. The highest BCUT2D eigenvalue weighted by Gasteiger charge is 2.60. The van der Waals surface area contributed by atoms with E-state index in [4.69, 9.17) is 27.1 Å². The first-order chi connectivity index (χ1) is 13.9. The Labute approximate surface area is 173 Å². The van der Waals surface area contributed by atoms with Gasteiger partial charge in [-0.1, -0.05) is 29.8 Å². The standard InChI is InChI=1S/C22H22ClN3O3/c1-26-20(28)22(25-21(26)24)16-7-6-15(27)11-19(16)29-18-8-5-13(10-17(18)22)12-3-2-4-14(23)9-12/h2-5,8-10,15-16,19,27H,6-7,11H2,1H3,(H2,24,25). The number of rotatable bonds is 1. The second-order valence-corrected chi connectivity index (χ2v) is 8.49. The Bertz CT molecular complexity index is 1040. The lowest BCUT2D eigenvalue weighted by Gasteiger charge is -2.46. The van der Waals surface area contributed by atoms with Gasteiger partial charge >= 0.3 is 0 Å². The fourth-order valence-corrected chi connectivity index (χ4v) is 5.13. The zero-order valence-electron chi connectivity index (χ0n) is 16.0. The lowest BCUT2D eigenvalue weighted by Crippen LogP contribution is -2.55. The summed E-state index contributed by atoms with van der Waals surface area (Å²) in [6, 6.07) is 13.4. The van der Waals surface area contributed by atoms with Crippen molar-refractivity contribution >= 4 is 23.5 Å². The number of nitrogens with zero attached hydrogens (tertiary/aromatic N) is 2. The zero-order chi connectivity index (χ0) is 20.3. The van der Waals surface area contributed by atoms with Crippen LogP contribution in [0.4, 0.5) is 0 Å². The van der Waals surface area contributed by atoms with Crippen LogP contribution in [0.3, 0.4) is 0 Å². The summed E-state index contributed by atoms with van der Waals surface area (Å²) in [6.45, 7) is 0. The van der Waals surface area contributed by atoms with Crippen LogP contribution >= 0.6 is 11.6 Å². The van der Waals surface area contributed by atoms with Gasteiger partial charge in [-0.05, 0) is 48.2 Å². The van der Waals surface area contributed by atoms with Gasteiger partial charge < -0.3 is 15.6 Å². The van der Waals surface area contributed by atoms with Gasteiger partial charge in [0, 0.05) is 30.0 Å². The topological polar surface area (TPSA) is 88.2 Å². The van der Waals surface area contributed by atoms with E-state index < -0.39 is 11.6 Å². The van der Waals surface area contributed by atoms with Gasteiger partial charge in [-0.25, -0.2) is 4.99 Å². The number of aliphatic hydroxyl groups excluding tert-OH is 1. The Hall–Kier alpha value is -2.57. The summed E-state index contributed by atoms with van der Waals surface area (Å²) in [5, 5.41) is 10.8. The molecule has 2 heterocycles. The molecule has 150 valence electrons. The normalized spacial score (nSPS) is 30.6. The van der Waals surface area contributed by atoms with Crippen molar-refractivity contribution in [2.45, 2.75) is 37.0 Å². The molecular weight excluding hydrogens is 390 g/mol. The highest BCUT2D eigenvalue weighted by molar-refractivity contribution is 6.30. The molecule has 7 heteroatoms. The molecule has 3 N–H and O–H groups in total. The molecule has 29 heavy (non-hydrogen) atoms. The van der Waals surface area contributed by atoms with E-state index in [-0.39, 0.29) is 23.9 Å². The summed E-state index contributed by atoms with van der Waals surface area (Å²) in [6.07, 6.45) is 1.02. The summed E-state index contributed by atoms with van der Waals surface area (Å²) in [5.74, 6) is 0.505. The van der Waals surface area contributed by atoms with Crippen molar-refractivity contribution < 1.29 is 14.6 Å². The third-order valence-electron chi connectivity index (χ3n) is 6.39. The molecule has 1 amide bonds. The number of hydrogen-bond donors (Lipinski definition) is 2. The first-order valence-corrected chi connectivity index (χ1v) is 10.2. The third-order valence-corrected chi connectivity index (χ3v) is 6.63. The van der Waals surface area contributed by atoms with Crippen LogP contribution in [0.5, 0.6) is 5.75 Å². The first-order valence-electron chi connectivity index (χ1n) is 9.79. The summed E-state index contributed by atoms with van der Waals surface area (Å²) in [5.41, 5.74) is 7.59. The van der Waals surface area contributed by atoms with E-state index in [0.717, 1.165) is 16.7 Å². The maximum Gasteiger partial charge on any atom is 0.262 e. The van der Waals surface area contributed by atoms with Gasteiger partial charge in [0.05, 0.1) is 6.10 Å². The van der Waals surface area contributed by atoms with Gasteiger partial charge in [0.2, 0.25) is 0 Å². The number of benzene rings is 2. The van der Waals surface area contributed by atoms with Gasteiger partial charge in [-0.2, -0.15) is 0 Å². The summed E-state index contributed by atoms with van der Waals surface area (Å²) in [4.78, 5) is 19.6. The number of aliphatic imine (C=N–C) groups is 1. The van der Waals surface area contributed by atoms with Crippen LogP contribution < -0.4 is 10.5 Å². The van der Waals surface area contributed by atoms with Crippen LogP contribution in [0.1, 0.15) is 24.8 Å². The van der Waals surface area contributed by atoms with Crippen molar-refractivity contribution in [3.05, 3.63) is 53.1 Å². The zero-order valence-corrected chi connectivity index (χ0v) is 16.8. The van der Waals surface area contributed by atoms with Crippen LogP contribution in [-0.4, -0.2) is 41.1 Å². The number of carbonyl (C=O) groups excluding carboxylic acids is 1. The molecule has 6 nitrogen and oxygen atoms in total. The smallest absolute Gasteiger partial charge is 0.262 e. The van der Waals surface area contributed by atoms with Crippen LogP contribution in [-0.2, 0) is 10.3 Å². The minimum Gasteiger partial charge on any atom is -0.490 e. The van der Waals surface area contributed by atoms with E-state index in [2.05, 4.69) is 0 Å². The quantitative estimate of drug-likeness (QED) is 0.755. The minimum atomic E-state index is -1.12. The molecule has 2 aliphatic heterocycles. The molecule has 0 aromatic heterocycles. The second-order valence-electron chi connectivity index (χ2n) is 8.05. The molecule has 0 saturated heterocycles. The van der Waals surface area contributed by atoms with Gasteiger partial charge in [-0.3, -0.25) is 9.69 Å². The SMILES string of the molecule is CN1C(=O)C2(N=C1N)c1cc(-c3cccc(Cl)c3)ccc1OC1CC(O)CCC12. The molecule has 0 bridgehead atoms. The van der Waals surface area contributed by atoms with Crippen molar-refractivity contribution in [1.82, 2.24) is 4.90 Å². The van der Waals surface area contributed by atoms with Crippen molar-refractivity contribution in [3.63, 3.8) is 0 Å². The summed E-state index contributed by atoms with van der Waals surface area (Å²) < 4.78 is 6.26. The Morgan fingerprint density at radius 1 is 1.24 bits per heavy atom. The number of fused-ring (bicyclic) bond motifs is 4. The second kappa shape index (κ2) is 6.47. The molecule has 1 spiro atoms. The van der Waals surface area contributed by atoms with E-state index in [9.17, 15) is 9.90 Å². The van der Waals surface area contributed by atoms with Gasteiger partial charge in [-0.15, -0.1) is 0 Å². The Morgan fingerprint density at radius 3 is 2.76 bits per heavy atom. The first kappa shape index (κ1) is 18.5. The number of aliphatic hydroxyl groups is 1. The average molecular weight is 412 g/mol. The Morgan fingerprint density at radius 2 is 2.03 bits per heavy atom. The van der Waals surface area contributed by atoms with Crippen LogP contribution in [0.2, 0.25) is 5.02 Å². The van der Waals surface area contributed by atoms with Crippen LogP contribution in [0.25, 0.3) is 11.1 Å². The number of amides is 1. The van der Waals surface area contributed by atoms with Crippen molar-refractivity contribution in [1.29, 1.82) is 0 Å². The molecule has 1 aliphatic carbocycles. The molecule has 2 aromatic rings. The van der Waals surface area contributed by atoms with Crippen LogP contribution in [0.15, 0.2) is 47.5 Å². The maximum absolute atomic E-state index is 13.5. The molecule has 5 rings (SSSR count). The predicted molar refractivity (Wildman–Crippen MR) is 111 cm³/mol. The fraction of sp³-hybridized carbons (Fsp3) is 0.364. The molecule has 1 fully saturated rings. The molecule has 2 aromatic carbocycles. The minimum absolute atomic E-state index is 0.144. The number of halogens is 1. The van der Waals surface area contributed by atoms with Gasteiger partial charge in [0.25, 0.3) is 5.91 Å². The fourth-order valence-electron chi connectivity index (χ4n) is 4.94. The maximum atomic E-state index is 13.5. The van der Waals surface area contributed by atoms with E-state index in [1.165, 1.54) is 4.90 Å². The molecule has 0 radical (unpaired) electrons. The predicted octanol–water partition coefficient (Wildman–Crippen LogP) is 2.91. The highest BCUT2D eigenvalue weighted by atomic mass is 35.5. The number of guanidine groups is 1. The molecular formula is C22H22ClN3O3. The average Bonchev–Trinajstić information content (AvgIpc) is 2.92. The highest BCUT2D eigenvalue weighted by Crippen LogP contribution is 2.53. The number of likely N-dealkylation sites (N-methyl/N-ethyl adjacent to an activating group) is 1. The number of carbonyl (C=O) groups is 1. The van der Waals surface area contributed by atoms with Gasteiger partial charge in [0.15, 0.2) is 11.5 Å². The lowest BCUT2D eigenvalue weighted by molar-refractivity contribution is -0.138. The Kier molecular flexibility index (Phi) is 4.12. The summed E-state index contributed by atoms with van der Waals surface area (Å²) in [7, 11) is 1.65. The van der Waals surface area contributed by atoms with E-state index in [1.54, 1.807) is 7.05 Å². The van der Waals surface area contributed by atoms with Crippen molar-refractivity contribution in [2.24, 2.45) is 16.6 Å². The molecule has 4 unspecified atom stereocenters. The third kappa shape index (κ3) is 2.66. The van der Waals surface area contributed by atoms with Crippen molar-refractivity contribution in [2.75, 3.05) is 7.05 Å². The Balaban J connectivity index is 1.71. The largest absolute Gasteiger partial charge is 0.490 e. The number of ether oxygens (including phenoxy) is 1. The van der Waals surface area contributed by atoms with E-state index >= 15 is 0 Å². The lowest BCUT2D eigenvalue weighted by atomic mass is 9.67. The van der Waals surface area contributed by atoms with E-state index in [0.29, 0.717) is 30.0 Å². The molecule has 1 saturated carbocycles.